The van der Waals surface area contributed by atoms with Crippen LogP contribution < -0.4 is 14.4 Å². The maximum atomic E-state index is 14.0. The van der Waals surface area contributed by atoms with Crippen LogP contribution in [0.1, 0.15) is 38.3 Å². The quantitative estimate of drug-likeness (QED) is 0.231. The molecule has 0 fully saturated rings. The average molecular weight is 494 g/mol. The Balaban J connectivity index is 1.53. The summed E-state index contributed by atoms with van der Waals surface area (Å²) < 4.78 is 45.2. The molecule has 0 saturated carbocycles. The van der Waals surface area contributed by atoms with E-state index in [0.29, 0.717) is 24.1 Å². The maximum Gasteiger partial charge on any atom is 0.298 e. The van der Waals surface area contributed by atoms with E-state index in [2.05, 4.69) is 37.1 Å². The number of rotatable bonds is 10. The Morgan fingerprint density at radius 2 is 1.72 bits per heavy atom. The third-order valence-corrected chi connectivity index (χ3v) is 5.74. The molecule has 4 rings (SSSR count). The number of hydrogen-bond acceptors (Lipinski definition) is 5. The van der Waals surface area contributed by atoms with Crippen LogP contribution in [-0.4, -0.2) is 18.6 Å². The van der Waals surface area contributed by atoms with Crippen LogP contribution in [0, 0.1) is 23.5 Å². The van der Waals surface area contributed by atoms with Gasteiger partial charge >= 0.3 is 0 Å². The highest BCUT2D eigenvalue weighted by atomic mass is 19.1. The monoisotopic (exact) mass is 493 g/mol. The van der Waals surface area contributed by atoms with Crippen molar-refractivity contribution in [2.75, 3.05) is 18.6 Å². The number of para-hydroxylation sites is 2. The zero-order chi connectivity index (χ0) is 25.7. The lowest BCUT2D eigenvalue weighted by Gasteiger charge is -2.24. The number of halogens is 2. The van der Waals surface area contributed by atoms with Crippen LogP contribution in [0.3, 0.4) is 0 Å². The van der Waals surface area contributed by atoms with Gasteiger partial charge in [0, 0.05) is 13.1 Å². The van der Waals surface area contributed by atoms with E-state index in [1.807, 2.05) is 36.4 Å². The molecule has 0 N–H and O–H groups in total. The van der Waals surface area contributed by atoms with Gasteiger partial charge in [0.25, 0.3) is 6.01 Å². The Kier molecular flexibility index (Phi) is 7.77. The molecule has 0 bridgehead atoms. The number of methoxy groups -OCH3 is 1. The van der Waals surface area contributed by atoms with Gasteiger partial charge in [-0.1, -0.05) is 45.0 Å². The van der Waals surface area contributed by atoms with Gasteiger partial charge in [-0.05, 0) is 60.2 Å². The lowest BCUT2D eigenvalue weighted by atomic mass is 9.90. The van der Waals surface area contributed by atoms with Gasteiger partial charge in [0.2, 0.25) is 0 Å². The van der Waals surface area contributed by atoms with Gasteiger partial charge in [-0.3, -0.25) is 0 Å². The molecular weight excluding hydrogens is 462 g/mol. The molecule has 1 radical (unpaired) electrons. The van der Waals surface area contributed by atoms with Gasteiger partial charge in [0.05, 0.1) is 12.7 Å². The second-order valence-corrected chi connectivity index (χ2v) is 9.72. The van der Waals surface area contributed by atoms with E-state index in [1.54, 1.807) is 6.07 Å². The lowest BCUT2D eigenvalue weighted by Crippen LogP contribution is -2.25. The van der Waals surface area contributed by atoms with Crippen LogP contribution >= 0.6 is 0 Å². The summed E-state index contributed by atoms with van der Waals surface area (Å²) >= 11 is 0. The average Bonchev–Trinajstić information content (AvgIpc) is 3.27. The first kappa shape index (κ1) is 25.5. The molecule has 0 saturated heterocycles. The first-order chi connectivity index (χ1) is 17.2. The molecule has 189 valence electrons. The van der Waals surface area contributed by atoms with Crippen LogP contribution in [0.2, 0.25) is 0 Å². The summed E-state index contributed by atoms with van der Waals surface area (Å²) in [7, 11) is 1.53. The van der Waals surface area contributed by atoms with Crippen molar-refractivity contribution in [3.8, 4) is 11.5 Å². The van der Waals surface area contributed by atoms with Crippen LogP contribution in [0.15, 0.2) is 65.1 Å². The highest BCUT2D eigenvalue weighted by Gasteiger charge is 2.18. The topological polar surface area (TPSA) is 47.7 Å². The maximum absolute atomic E-state index is 14.0. The van der Waals surface area contributed by atoms with Gasteiger partial charge in [0.1, 0.15) is 23.8 Å². The zero-order valence-corrected chi connectivity index (χ0v) is 21.1. The molecule has 5 nitrogen and oxygen atoms in total. The van der Waals surface area contributed by atoms with Crippen molar-refractivity contribution >= 4 is 17.1 Å². The van der Waals surface area contributed by atoms with E-state index in [4.69, 9.17) is 13.9 Å². The summed E-state index contributed by atoms with van der Waals surface area (Å²) in [5.41, 5.74) is 2.47. The molecule has 0 aliphatic rings. The largest absolute Gasteiger partial charge is 0.493 e. The van der Waals surface area contributed by atoms with E-state index in [-0.39, 0.29) is 17.6 Å². The summed E-state index contributed by atoms with van der Waals surface area (Å²) in [4.78, 5) is 6.77. The molecule has 3 aromatic carbocycles. The molecule has 0 spiro atoms. The molecule has 0 unspecified atom stereocenters. The van der Waals surface area contributed by atoms with Gasteiger partial charge in [-0.2, -0.15) is 4.98 Å². The van der Waals surface area contributed by atoms with Crippen LogP contribution in [0.5, 0.6) is 11.5 Å². The van der Waals surface area contributed by atoms with Gasteiger partial charge in [0.15, 0.2) is 17.1 Å². The fraction of sp³-hybridized carbons (Fsp3) is 0.310. The Labute approximate surface area is 210 Å². The van der Waals surface area contributed by atoms with Crippen molar-refractivity contribution in [2.24, 2.45) is 5.41 Å². The normalized spacial score (nSPS) is 11.6. The van der Waals surface area contributed by atoms with Crippen molar-refractivity contribution in [3.63, 3.8) is 0 Å². The van der Waals surface area contributed by atoms with E-state index >= 15 is 0 Å². The molecule has 36 heavy (non-hydrogen) atoms. The number of oxazole rings is 1. The zero-order valence-electron chi connectivity index (χ0n) is 21.1. The molecular formula is C29H31F2N2O3. The molecule has 0 aliphatic heterocycles. The van der Waals surface area contributed by atoms with Crippen molar-refractivity contribution in [3.05, 3.63) is 89.8 Å². The molecule has 4 aromatic rings. The number of nitrogens with zero attached hydrogens (tertiary/aromatic N) is 2. The second-order valence-electron chi connectivity index (χ2n) is 9.72. The molecule has 0 amide bonds. The van der Waals surface area contributed by atoms with E-state index in [1.165, 1.54) is 25.3 Å². The SMILES string of the molecule is COc1cc(CN(CC[CH]C(C)(C)C)c2nc3ccccc3o2)ccc1OCc1c(F)cccc1F. The predicted octanol–water partition coefficient (Wildman–Crippen LogP) is 7.34. The first-order valence-electron chi connectivity index (χ1n) is 11.9. The van der Waals surface area contributed by atoms with Crippen molar-refractivity contribution in [1.82, 2.24) is 4.98 Å². The molecule has 1 heterocycles. The van der Waals surface area contributed by atoms with E-state index in [9.17, 15) is 8.78 Å². The van der Waals surface area contributed by atoms with E-state index < -0.39 is 11.6 Å². The number of aromatic nitrogens is 1. The van der Waals surface area contributed by atoms with Crippen LogP contribution in [0.4, 0.5) is 14.8 Å². The summed E-state index contributed by atoms with van der Waals surface area (Å²) in [6, 6.07) is 17.5. The summed E-state index contributed by atoms with van der Waals surface area (Å²) in [6.45, 7) is 7.53. The number of hydrogen-bond donors (Lipinski definition) is 0. The smallest absolute Gasteiger partial charge is 0.298 e. The molecule has 0 aliphatic carbocycles. The highest BCUT2D eigenvalue weighted by Crippen LogP contribution is 2.31. The summed E-state index contributed by atoms with van der Waals surface area (Å²) in [6.07, 6.45) is 3.14. The third-order valence-electron chi connectivity index (χ3n) is 5.74. The van der Waals surface area contributed by atoms with Gasteiger partial charge in [-0.25, -0.2) is 8.78 Å². The number of fused-ring (bicyclic) bond motifs is 1. The fourth-order valence-corrected chi connectivity index (χ4v) is 3.86. The lowest BCUT2D eigenvalue weighted by molar-refractivity contribution is 0.274. The summed E-state index contributed by atoms with van der Waals surface area (Å²) in [5.74, 6) is -0.417. The van der Waals surface area contributed by atoms with Gasteiger partial charge in [-0.15, -0.1) is 0 Å². The Bertz CT molecular complexity index is 1260. The predicted molar refractivity (Wildman–Crippen MR) is 137 cm³/mol. The van der Waals surface area contributed by atoms with Crippen molar-refractivity contribution in [1.29, 1.82) is 0 Å². The third kappa shape index (κ3) is 6.33. The first-order valence-corrected chi connectivity index (χ1v) is 11.9. The number of ether oxygens (including phenoxy) is 2. The summed E-state index contributed by atoms with van der Waals surface area (Å²) in [5, 5.41) is 0. The van der Waals surface area contributed by atoms with Crippen molar-refractivity contribution in [2.45, 2.75) is 40.3 Å². The second kappa shape index (κ2) is 11.0. The van der Waals surface area contributed by atoms with Crippen LogP contribution in [0.25, 0.3) is 11.1 Å². The van der Waals surface area contributed by atoms with Crippen LogP contribution in [-0.2, 0) is 13.2 Å². The molecule has 0 atom stereocenters. The Morgan fingerprint density at radius 1 is 0.972 bits per heavy atom. The molecule has 7 heteroatoms. The Hall–Kier alpha value is -3.61. The number of anilines is 1. The van der Waals surface area contributed by atoms with E-state index in [0.717, 1.165) is 29.6 Å². The van der Waals surface area contributed by atoms with Gasteiger partial charge < -0.3 is 18.8 Å². The highest BCUT2D eigenvalue weighted by molar-refractivity contribution is 5.74. The molecule has 1 aromatic heterocycles. The minimum Gasteiger partial charge on any atom is -0.493 e. The Morgan fingerprint density at radius 3 is 2.42 bits per heavy atom. The standard InChI is InChI=1S/C29H31F2N2O3/c1-29(2,3)15-8-16-33(28-32-24-11-5-6-12-25(24)36-28)18-20-13-14-26(27(17-20)34-4)35-19-21-22(30)9-7-10-23(21)31/h5-7,9-15,17H,8,16,18-19H2,1-4H3. The fourth-order valence-electron chi connectivity index (χ4n) is 3.86. The van der Waals surface area contributed by atoms with Crippen molar-refractivity contribution < 1.29 is 22.7 Å². The minimum atomic E-state index is -0.647. The minimum absolute atomic E-state index is 0.104. The number of benzene rings is 3.